The summed E-state index contributed by atoms with van der Waals surface area (Å²) in [5.41, 5.74) is -0.513. The number of ether oxygens (including phenoxy) is 2. The number of alkyl halides is 3. The molecule has 0 aliphatic carbocycles. The minimum absolute atomic E-state index is 0.000380. The molecule has 138 valence electrons. The standard InChI is InChI=1S/C17H15F3N2O4/c1-2-25-16(24)26-14-8-6-12(7-9-14)21-15(23)22-13-5-3-4-11(10-13)17(18,19)20/h3-10H,2H2,1H3,(H2,21,22,23). The van der Waals surface area contributed by atoms with E-state index in [1.54, 1.807) is 6.92 Å². The Morgan fingerprint density at radius 1 is 1.00 bits per heavy atom. The van der Waals surface area contributed by atoms with Crippen molar-refractivity contribution in [1.82, 2.24) is 0 Å². The van der Waals surface area contributed by atoms with E-state index in [9.17, 15) is 22.8 Å². The zero-order chi connectivity index (χ0) is 19.2. The quantitative estimate of drug-likeness (QED) is 0.595. The third-order valence-corrected chi connectivity index (χ3v) is 3.02. The third kappa shape index (κ3) is 5.69. The zero-order valence-corrected chi connectivity index (χ0v) is 13.6. The van der Waals surface area contributed by atoms with Crippen LogP contribution in [0.3, 0.4) is 0 Å². The molecule has 26 heavy (non-hydrogen) atoms. The molecule has 0 fully saturated rings. The van der Waals surface area contributed by atoms with Gasteiger partial charge in [0, 0.05) is 11.4 Å². The Bertz CT molecular complexity index is 776. The van der Waals surface area contributed by atoms with Gasteiger partial charge >= 0.3 is 18.4 Å². The van der Waals surface area contributed by atoms with Gasteiger partial charge in [0.2, 0.25) is 0 Å². The smallest absolute Gasteiger partial charge is 0.434 e. The fourth-order valence-electron chi connectivity index (χ4n) is 1.92. The van der Waals surface area contributed by atoms with Gasteiger partial charge in [0.1, 0.15) is 5.75 Å². The molecule has 6 nitrogen and oxygen atoms in total. The summed E-state index contributed by atoms with van der Waals surface area (Å²) in [6.45, 7) is 1.81. The molecule has 2 rings (SSSR count). The van der Waals surface area contributed by atoms with Crippen LogP contribution < -0.4 is 15.4 Å². The second-order valence-corrected chi connectivity index (χ2v) is 4.97. The lowest BCUT2D eigenvalue weighted by molar-refractivity contribution is -0.137. The number of benzene rings is 2. The van der Waals surface area contributed by atoms with Crippen molar-refractivity contribution < 1.29 is 32.2 Å². The Labute approximate surface area is 146 Å². The van der Waals surface area contributed by atoms with Gasteiger partial charge in [-0.3, -0.25) is 0 Å². The Morgan fingerprint density at radius 2 is 1.65 bits per heavy atom. The van der Waals surface area contributed by atoms with E-state index in [4.69, 9.17) is 4.74 Å². The summed E-state index contributed by atoms with van der Waals surface area (Å²) in [5, 5.41) is 4.76. The predicted molar refractivity (Wildman–Crippen MR) is 88.2 cm³/mol. The molecule has 0 aliphatic heterocycles. The first-order valence-electron chi connectivity index (χ1n) is 7.48. The highest BCUT2D eigenvalue weighted by Crippen LogP contribution is 2.30. The average Bonchev–Trinajstić information content (AvgIpc) is 2.56. The number of nitrogens with one attached hydrogen (secondary N) is 2. The van der Waals surface area contributed by atoms with E-state index >= 15 is 0 Å². The molecule has 0 unspecified atom stereocenters. The molecule has 0 aliphatic rings. The van der Waals surface area contributed by atoms with Crippen LogP contribution in [0, 0.1) is 0 Å². The highest BCUT2D eigenvalue weighted by Gasteiger charge is 2.30. The molecule has 0 bridgehead atoms. The molecule has 2 aromatic carbocycles. The van der Waals surface area contributed by atoms with E-state index in [1.807, 2.05) is 0 Å². The first-order valence-corrected chi connectivity index (χ1v) is 7.48. The minimum Gasteiger partial charge on any atom is -0.434 e. The molecular weight excluding hydrogens is 353 g/mol. The largest absolute Gasteiger partial charge is 0.513 e. The van der Waals surface area contributed by atoms with Crippen molar-refractivity contribution in [3.63, 3.8) is 0 Å². The summed E-state index contributed by atoms with van der Waals surface area (Å²) < 4.78 is 47.4. The summed E-state index contributed by atoms with van der Waals surface area (Å²) in [5.74, 6) is 0.215. The number of hydrogen-bond acceptors (Lipinski definition) is 4. The second-order valence-electron chi connectivity index (χ2n) is 4.97. The van der Waals surface area contributed by atoms with E-state index in [1.165, 1.54) is 36.4 Å². The lowest BCUT2D eigenvalue weighted by atomic mass is 10.2. The normalized spacial score (nSPS) is 10.8. The third-order valence-electron chi connectivity index (χ3n) is 3.02. The van der Waals surface area contributed by atoms with Crippen molar-refractivity contribution in [2.75, 3.05) is 17.2 Å². The van der Waals surface area contributed by atoms with Crippen molar-refractivity contribution in [2.45, 2.75) is 13.1 Å². The monoisotopic (exact) mass is 368 g/mol. The summed E-state index contributed by atoms with van der Waals surface area (Å²) in [4.78, 5) is 23.1. The predicted octanol–water partition coefficient (Wildman–Crippen LogP) is 4.88. The van der Waals surface area contributed by atoms with Gasteiger partial charge in [0.05, 0.1) is 12.2 Å². The fraction of sp³-hybridized carbons (Fsp3) is 0.176. The van der Waals surface area contributed by atoms with Crippen molar-refractivity contribution in [3.05, 3.63) is 54.1 Å². The lowest BCUT2D eigenvalue weighted by Gasteiger charge is -2.11. The Kier molecular flexibility index (Phi) is 6.05. The Morgan fingerprint density at radius 3 is 2.27 bits per heavy atom. The van der Waals surface area contributed by atoms with Gasteiger partial charge in [0.15, 0.2) is 0 Å². The van der Waals surface area contributed by atoms with Crippen LogP contribution in [-0.4, -0.2) is 18.8 Å². The van der Waals surface area contributed by atoms with E-state index in [-0.39, 0.29) is 18.0 Å². The molecule has 0 saturated carbocycles. The Hall–Kier alpha value is -3.23. The lowest BCUT2D eigenvalue weighted by Crippen LogP contribution is -2.19. The van der Waals surface area contributed by atoms with Crippen LogP contribution in [0.1, 0.15) is 12.5 Å². The molecule has 0 aromatic heterocycles. The molecule has 2 amide bonds. The van der Waals surface area contributed by atoms with Gasteiger partial charge in [-0.15, -0.1) is 0 Å². The van der Waals surface area contributed by atoms with Gasteiger partial charge in [-0.1, -0.05) is 6.07 Å². The summed E-state index contributed by atoms with van der Waals surface area (Å²) in [6, 6.07) is 9.32. The average molecular weight is 368 g/mol. The van der Waals surface area contributed by atoms with Crippen molar-refractivity contribution >= 4 is 23.6 Å². The van der Waals surface area contributed by atoms with Gasteiger partial charge in [-0.05, 0) is 49.4 Å². The fourth-order valence-corrected chi connectivity index (χ4v) is 1.92. The molecule has 0 saturated heterocycles. The van der Waals surface area contributed by atoms with Crippen LogP contribution >= 0.6 is 0 Å². The topological polar surface area (TPSA) is 76.7 Å². The van der Waals surface area contributed by atoms with Crippen molar-refractivity contribution in [1.29, 1.82) is 0 Å². The number of urea groups is 1. The molecular formula is C17H15F3N2O4. The number of carbonyl (C=O) groups is 2. The molecule has 0 atom stereocenters. The molecule has 0 spiro atoms. The van der Waals surface area contributed by atoms with Crippen LogP contribution in [0.2, 0.25) is 0 Å². The maximum Gasteiger partial charge on any atom is 0.513 e. The second kappa shape index (κ2) is 8.24. The van der Waals surface area contributed by atoms with E-state index in [2.05, 4.69) is 15.4 Å². The van der Waals surface area contributed by atoms with Gasteiger partial charge < -0.3 is 20.1 Å². The molecule has 0 heterocycles. The first kappa shape index (κ1) is 19.1. The summed E-state index contributed by atoms with van der Waals surface area (Å²) in [6.07, 6.45) is -5.35. The van der Waals surface area contributed by atoms with E-state index in [0.717, 1.165) is 12.1 Å². The number of halogens is 3. The van der Waals surface area contributed by atoms with Gasteiger partial charge in [0.25, 0.3) is 0 Å². The highest BCUT2D eigenvalue weighted by molar-refractivity contribution is 5.99. The van der Waals surface area contributed by atoms with Crippen LogP contribution in [0.4, 0.5) is 34.1 Å². The maximum absolute atomic E-state index is 12.7. The van der Waals surface area contributed by atoms with Crippen LogP contribution in [0.25, 0.3) is 0 Å². The van der Waals surface area contributed by atoms with Crippen LogP contribution in [0.5, 0.6) is 5.75 Å². The van der Waals surface area contributed by atoms with Crippen LogP contribution in [-0.2, 0) is 10.9 Å². The molecule has 2 N–H and O–H groups in total. The van der Waals surface area contributed by atoms with Crippen molar-refractivity contribution in [2.24, 2.45) is 0 Å². The molecule has 9 heteroatoms. The molecule has 2 aromatic rings. The SMILES string of the molecule is CCOC(=O)Oc1ccc(NC(=O)Nc2cccc(C(F)(F)F)c2)cc1. The summed E-state index contributed by atoms with van der Waals surface area (Å²) >= 11 is 0. The number of anilines is 2. The number of amides is 2. The van der Waals surface area contributed by atoms with E-state index in [0.29, 0.717) is 5.69 Å². The first-order chi connectivity index (χ1) is 12.3. The number of carbonyl (C=O) groups excluding carboxylic acids is 2. The van der Waals surface area contributed by atoms with Crippen molar-refractivity contribution in [3.8, 4) is 5.75 Å². The number of hydrogen-bond donors (Lipinski definition) is 2. The highest BCUT2D eigenvalue weighted by atomic mass is 19.4. The molecule has 0 radical (unpaired) electrons. The zero-order valence-electron chi connectivity index (χ0n) is 13.6. The van der Waals surface area contributed by atoms with E-state index < -0.39 is 23.9 Å². The Balaban J connectivity index is 1.95. The number of rotatable bonds is 4. The minimum atomic E-state index is -4.50. The summed E-state index contributed by atoms with van der Waals surface area (Å²) in [7, 11) is 0. The maximum atomic E-state index is 12.7. The van der Waals surface area contributed by atoms with Gasteiger partial charge in [-0.25, -0.2) is 9.59 Å². The van der Waals surface area contributed by atoms with Gasteiger partial charge in [-0.2, -0.15) is 13.2 Å². The van der Waals surface area contributed by atoms with Crippen LogP contribution in [0.15, 0.2) is 48.5 Å².